The van der Waals surface area contributed by atoms with E-state index in [2.05, 4.69) is 0 Å². The van der Waals surface area contributed by atoms with E-state index in [4.69, 9.17) is 5.11 Å². The Hall–Kier alpha value is -0.250. The average molecular weight is 114 g/mol. The second-order valence-electron chi connectivity index (χ2n) is 0.503. The van der Waals surface area contributed by atoms with Crippen molar-refractivity contribution in [2.45, 2.75) is 6.92 Å². The average Bonchev–Trinajstić information content (AvgIpc) is 1.33. The lowest BCUT2D eigenvalue weighted by Crippen LogP contribution is -1.52. The van der Waals surface area contributed by atoms with Crippen LogP contribution in [-0.2, 0) is 5.11 Å². The molecule has 0 saturated carbocycles. The van der Waals surface area contributed by atoms with Crippen molar-refractivity contribution >= 4 is 0 Å². The summed E-state index contributed by atoms with van der Waals surface area (Å²) in [6.45, 7) is -1.51. The largest absolute Gasteiger partial charge is 0.487 e. The van der Waals surface area contributed by atoms with Gasteiger partial charge in [0.05, 0.1) is 6.61 Å². The minimum Gasteiger partial charge on any atom is -0.237 e. The summed E-state index contributed by atoms with van der Waals surface area (Å²) in [4.78, 5) is 0. The number of hydrogen-bond acceptors (Lipinski definition) is 0. The topological polar surface area (TPSA) is 19.9 Å². The van der Waals surface area contributed by atoms with Crippen LogP contribution in [0.2, 0.25) is 0 Å². The predicted molar refractivity (Wildman–Crippen MR) is 17.8 cm³/mol. The van der Waals surface area contributed by atoms with Gasteiger partial charge in [-0.15, -0.1) is 0 Å². The molecule has 0 aliphatic carbocycles. The summed E-state index contributed by atoms with van der Waals surface area (Å²) in [7, 11) is 0. The Balaban J connectivity index is 0. The Morgan fingerprint density at radius 1 is 1.43 bits per heavy atom. The van der Waals surface area contributed by atoms with Crippen LogP contribution in [-0.4, -0.2) is 6.61 Å². The molecule has 0 N–H and O–H groups in total. The Labute approximate surface area is 39.8 Å². The zero-order valence-corrected chi connectivity index (χ0v) is 3.75. The second-order valence-corrected chi connectivity index (χ2v) is 0.503. The van der Waals surface area contributed by atoms with Gasteiger partial charge in [0.25, 0.3) is 0 Å². The number of rotatable bonds is 0. The molecule has 0 saturated heterocycles. The highest BCUT2D eigenvalue weighted by molar-refractivity contribution is 4.21. The van der Waals surface area contributed by atoms with Gasteiger partial charge in [-0.3, -0.25) is 0 Å². The van der Waals surface area contributed by atoms with E-state index in [0.717, 1.165) is 0 Å². The quantitative estimate of drug-likeness (QED) is 0.457. The van der Waals surface area contributed by atoms with Gasteiger partial charge >= 0.3 is 6.68 Å². The van der Waals surface area contributed by atoms with Gasteiger partial charge in [0.15, 0.2) is 0 Å². The van der Waals surface area contributed by atoms with Crippen molar-refractivity contribution in [1.82, 2.24) is 0 Å². The molecule has 0 atom stereocenters. The second kappa shape index (κ2) is 9.23. The zero-order valence-electron chi connectivity index (χ0n) is 3.75. The molecule has 0 aliphatic heterocycles. The van der Waals surface area contributed by atoms with Crippen LogP contribution < -0.4 is 0 Å². The molecule has 0 rings (SSSR count). The predicted octanol–water partition coefficient (Wildman–Crippen LogP) is 1.78. The van der Waals surface area contributed by atoms with Gasteiger partial charge < -0.3 is 0 Å². The molecule has 0 fully saturated rings. The molecule has 0 heterocycles. The molecular weight excluding hydrogens is 109 g/mol. The smallest absolute Gasteiger partial charge is 0.237 e. The normalized spacial score (nSPS) is 7.71. The molecule has 4 heteroatoms. The SMILES string of the molecule is CC[O].F[C](F)F. The summed E-state index contributed by atoms with van der Waals surface area (Å²) in [6, 6.07) is 0. The molecule has 2 radical (unpaired) electrons. The molecule has 0 aromatic carbocycles. The van der Waals surface area contributed by atoms with Crippen LogP contribution in [0.1, 0.15) is 6.92 Å². The monoisotopic (exact) mass is 114 g/mol. The van der Waals surface area contributed by atoms with Gasteiger partial charge in [0, 0.05) is 0 Å². The number of halogens is 3. The Morgan fingerprint density at radius 3 is 1.43 bits per heavy atom. The van der Waals surface area contributed by atoms with E-state index in [0.29, 0.717) is 0 Å². The third-order valence-corrected chi connectivity index (χ3v) is 0. The summed E-state index contributed by atoms with van der Waals surface area (Å²) < 4.78 is 28.8. The standard InChI is InChI=1S/C2H5O.CF3/c1-2-3;2-1(3)4/h2H2,1H3;. The summed E-state index contributed by atoms with van der Waals surface area (Å²) in [5.41, 5.74) is 0. The highest BCUT2D eigenvalue weighted by Crippen LogP contribution is 1.99. The maximum atomic E-state index is 9.58. The van der Waals surface area contributed by atoms with E-state index in [1.165, 1.54) is 0 Å². The lowest BCUT2D eigenvalue weighted by atomic mass is 10.9. The van der Waals surface area contributed by atoms with Gasteiger partial charge in [-0.05, 0) is 6.92 Å². The van der Waals surface area contributed by atoms with Gasteiger partial charge in [0.1, 0.15) is 0 Å². The molecule has 0 bridgehead atoms. The van der Waals surface area contributed by atoms with Gasteiger partial charge in [-0.2, -0.15) is 13.2 Å². The summed E-state index contributed by atoms with van der Waals surface area (Å²) in [6.07, 6.45) is 0. The van der Waals surface area contributed by atoms with Crippen LogP contribution in [0.5, 0.6) is 0 Å². The molecule has 0 aromatic rings. The highest BCUT2D eigenvalue weighted by atomic mass is 19.4. The fourth-order valence-electron chi connectivity index (χ4n) is 0. The lowest BCUT2D eigenvalue weighted by molar-refractivity contribution is 0.142. The Morgan fingerprint density at radius 2 is 1.43 bits per heavy atom. The minimum absolute atomic E-state index is 0. The van der Waals surface area contributed by atoms with E-state index < -0.39 is 6.68 Å². The zero-order chi connectivity index (χ0) is 6.28. The highest BCUT2D eigenvalue weighted by Gasteiger charge is 1.93. The maximum absolute atomic E-state index is 9.58. The molecular formula is C3H5F3O. The third kappa shape index (κ3) is 1290. The van der Waals surface area contributed by atoms with Crippen LogP contribution in [0.3, 0.4) is 0 Å². The molecule has 0 amide bonds. The van der Waals surface area contributed by atoms with Crippen molar-refractivity contribution in [2.24, 2.45) is 0 Å². The van der Waals surface area contributed by atoms with Crippen molar-refractivity contribution in [3.8, 4) is 0 Å². The van der Waals surface area contributed by atoms with Crippen LogP contribution in [0, 0.1) is 6.68 Å². The first kappa shape index (κ1) is 9.89. The van der Waals surface area contributed by atoms with E-state index in [-0.39, 0.29) is 6.61 Å². The summed E-state index contributed by atoms with van der Waals surface area (Å²) in [5.74, 6) is 0. The molecule has 44 valence electrons. The Bertz CT molecular complexity index is 21.4. The van der Waals surface area contributed by atoms with Crippen molar-refractivity contribution in [2.75, 3.05) is 6.61 Å². The maximum Gasteiger partial charge on any atom is 0.487 e. The van der Waals surface area contributed by atoms with Crippen LogP contribution in [0.15, 0.2) is 0 Å². The van der Waals surface area contributed by atoms with E-state index in [9.17, 15) is 13.2 Å². The van der Waals surface area contributed by atoms with E-state index in [1.807, 2.05) is 0 Å². The van der Waals surface area contributed by atoms with Crippen molar-refractivity contribution < 1.29 is 18.3 Å². The van der Waals surface area contributed by atoms with Gasteiger partial charge in [-0.1, -0.05) is 0 Å². The first-order valence-electron chi connectivity index (χ1n) is 1.56. The molecule has 0 spiro atoms. The van der Waals surface area contributed by atoms with Gasteiger partial charge in [0.2, 0.25) is 0 Å². The third-order valence-electron chi connectivity index (χ3n) is 0. The molecule has 0 aromatic heterocycles. The van der Waals surface area contributed by atoms with Crippen LogP contribution in [0.25, 0.3) is 0 Å². The molecule has 7 heavy (non-hydrogen) atoms. The molecule has 0 unspecified atom stereocenters. The van der Waals surface area contributed by atoms with Crippen LogP contribution >= 0.6 is 0 Å². The fraction of sp³-hybridized carbons (Fsp3) is 0.667. The van der Waals surface area contributed by atoms with Gasteiger partial charge in [-0.25, -0.2) is 5.11 Å². The van der Waals surface area contributed by atoms with E-state index in [1.54, 1.807) is 6.92 Å². The Kier molecular flexibility index (Phi) is 13.0. The molecule has 0 aliphatic rings. The minimum atomic E-state index is -3.08. The first-order valence-corrected chi connectivity index (χ1v) is 1.56. The van der Waals surface area contributed by atoms with Crippen LogP contribution in [0.4, 0.5) is 13.2 Å². The van der Waals surface area contributed by atoms with E-state index >= 15 is 0 Å². The summed E-state index contributed by atoms with van der Waals surface area (Å²) >= 11 is 0. The van der Waals surface area contributed by atoms with Crippen molar-refractivity contribution in [1.29, 1.82) is 0 Å². The molecule has 1 nitrogen and oxygen atoms in total. The summed E-state index contributed by atoms with van der Waals surface area (Å²) in [5, 5.41) is 8.93. The number of hydrogen-bond donors (Lipinski definition) is 0. The fourth-order valence-corrected chi connectivity index (χ4v) is 0. The van der Waals surface area contributed by atoms with Crippen molar-refractivity contribution in [3.63, 3.8) is 0 Å². The van der Waals surface area contributed by atoms with Crippen molar-refractivity contribution in [3.05, 3.63) is 6.68 Å². The first-order chi connectivity index (χ1) is 3.15. The lowest BCUT2D eigenvalue weighted by Gasteiger charge is -1.60.